The first-order chi connectivity index (χ1) is 24.3. The van der Waals surface area contributed by atoms with Gasteiger partial charge in [0.1, 0.15) is 12.2 Å². The predicted octanol–water partition coefficient (Wildman–Crippen LogP) is 4.98. The zero-order valence-corrected chi connectivity index (χ0v) is 29.6. The number of hydrogen-bond acceptors (Lipinski definition) is 9. The number of rotatable bonds is 16. The number of amides is 1. The van der Waals surface area contributed by atoms with Gasteiger partial charge in [-0.1, -0.05) is 25.7 Å². The van der Waals surface area contributed by atoms with Crippen molar-refractivity contribution in [3.8, 4) is 12.5 Å². The molecule has 0 aliphatic heterocycles. The van der Waals surface area contributed by atoms with Crippen molar-refractivity contribution in [3.05, 3.63) is 0 Å². The molecule has 0 aromatic carbocycles. The van der Waals surface area contributed by atoms with Crippen LogP contribution in [-0.4, -0.2) is 90.5 Å². The minimum atomic E-state index is -0.981. The number of hydroxylamine groups is 1. The van der Waals surface area contributed by atoms with E-state index in [0.717, 1.165) is 77.0 Å². The first-order valence-electron chi connectivity index (χ1n) is 19.4. The minimum absolute atomic E-state index is 0.0300. The van der Waals surface area contributed by atoms with Gasteiger partial charge in [0.05, 0.1) is 62.0 Å². The second kappa shape index (κ2) is 20.0. The van der Waals surface area contributed by atoms with Gasteiger partial charge < -0.3 is 39.3 Å². The molecule has 0 aromatic rings. The van der Waals surface area contributed by atoms with Crippen molar-refractivity contribution in [2.75, 3.05) is 19.8 Å². The van der Waals surface area contributed by atoms with E-state index in [1.165, 1.54) is 19.3 Å². The number of carbonyl (C=O) groups is 3. The Morgan fingerprint density at radius 1 is 0.620 bits per heavy atom. The number of aliphatic carboxylic acids is 2. The van der Waals surface area contributed by atoms with Gasteiger partial charge >= 0.3 is 11.9 Å². The molecule has 4 N–H and O–H groups in total. The maximum Gasteiger partial charge on any atom is 0.307 e. The summed E-state index contributed by atoms with van der Waals surface area (Å²) in [4.78, 5) is 42.9. The number of nitrogens with one attached hydrogen (secondary N) is 2. The third kappa shape index (κ3) is 11.8. The zero-order chi connectivity index (χ0) is 35.3. The van der Waals surface area contributed by atoms with Gasteiger partial charge in [0.25, 0.3) is 0 Å². The molecule has 5 aliphatic carbocycles. The lowest BCUT2D eigenvalue weighted by Crippen LogP contribution is -2.47. The van der Waals surface area contributed by atoms with E-state index in [4.69, 9.17) is 30.2 Å². The minimum Gasteiger partial charge on any atom is -0.481 e. The van der Waals surface area contributed by atoms with Gasteiger partial charge in [-0.2, -0.15) is 5.48 Å². The van der Waals surface area contributed by atoms with Gasteiger partial charge in [-0.05, 0) is 109 Å². The molecule has 0 aromatic heterocycles. The average Bonchev–Trinajstić information content (AvgIpc) is 3.12. The molecule has 12 heteroatoms. The van der Waals surface area contributed by atoms with Crippen LogP contribution in [-0.2, 0) is 38.2 Å². The second-order valence-electron chi connectivity index (χ2n) is 15.4. The van der Waals surface area contributed by atoms with E-state index in [2.05, 4.69) is 16.9 Å². The number of carbonyl (C=O) groups excluding carboxylic acids is 1. The lowest BCUT2D eigenvalue weighted by molar-refractivity contribution is -0.151. The molecule has 50 heavy (non-hydrogen) atoms. The van der Waals surface area contributed by atoms with Crippen LogP contribution in [0.5, 0.6) is 0 Å². The van der Waals surface area contributed by atoms with Gasteiger partial charge in [0.2, 0.25) is 5.91 Å². The fourth-order valence-electron chi connectivity index (χ4n) is 8.94. The van der Waals surface area contributed by atoms with E-state index in [0.29, 0.717) is 45.2 Å². The summed E-state index contributed by atoms with van der Waals surface area (Å²) < 4.78 is 23.7. The van der Waals surface area contributed by atoms with Crippen LogP contribution in [0.15, 0.2) is 0 Å². The Morgan fingerprint density at radius 2 is 1.20 bits per heavy atom. The van der Waals surface area contributed by atoms with E-state index < -0.39 is 29.7 Å². The highest BCUT2D eigenvalue weighted by Gasteiger charge is 2.41. The third-order valence-electron chi connectivity index (χ3n) is 11.9. The summed E-state index contributed by atoms with van der Waals surface area (Å²) >= 11 is 0. The Hall–Kier alpha value is -2.43. The molecule has 5 saturated carbocycles. The van der Waals surface area contributed by atoms with Gasteiger partial charge in [0.15, 0.2) is 0 Å². The Bertz CT molecular complexity index is 1110. The highest BCUT2D eigenvalue weighted by molar-refractivity contribution is 5.85. The quantitative estimate of drug-likeness (QED) is 0.0975. The normalized spacial score (nSPS) is 35.4. The molecule has 0 bridgehead atoms. The van der Waals surface area contributed by atoms with Crippen molar-refractivity contribution in [2.45, 2.75) is 165 Å². The average molecular weight is 705 g/mol. The number of carboxylic acid groups (broad SMARTS) is 2. The smallest absolute Gasteiger partial charge is 0.307 e. The van der Waals surface area contributed by atoms with E-state index in [1.807, 2.05) is 0 Å². The second-order valence-corrected chi connectivity index (χ2v) is 15.4. The summed E-state index contributed by atoms with van der Waals surface area (Å²) in [5.74, 6) is -3.81. The van der Waals surface area contributed by atoms with Crippen LogP contribution in [0, 0.1) is 36.2 Å². The number of carboxylic acids is 2. The lowest BCUT2D eigenvalue weighted by atomic mass is 9.77. The summed E-state index contributed by atoms with van der Waals surface area (Å²) in [6, 6.07) is 0.248. The number of hydrogen-bond donors (Lipinski definition) is 4. The molecule has 0 saturated heterocycles. The van der Waals surface area contributed by atoms with E-state index in [-0.39, 0.29) is 54.7 Å². The van der Waals surface area contributed by atoms with E-state index in [1.54, 1.807) is 0 Å². The Labute approximate surface area is 297 Å². The molecule has 6 atom stereocenters. The first-order valence-corrected chi connectivity index (χ1v) is 19.4. The highest BCUT2D eigenvalue weighted by Crippen LogP contribution is 2.35. The molecule has 5 fully saturated rings. The first kappa shape index (κ1) is 38.8. The molecule has 12 nitrogen and oxygen atoms in total. The Kier molecular flexibility index (Phi) is 15.5. The van der Waals surface area contributed by atoms with Gasteiger partial charge in [0, 0.05) is 12.1 Å². The van der Waals surface area contributed by atoms with Crippen LogP contribution in [0.25, 0.3) is 0 Å². The highest BCUT2D eigenvalue weighted by atomic mass is 16.6. The van der Waals surface area contributed by atoms with Crippen LogP contribution in [0.4, 0.5) is 0 Å². The van der Waals surface area contributed by atoms with Crippen molar-refractivity contribution in [1.29, 1.82) is 0 Å². The third-order valence-corrected chi connectivity index (χ3v) is 11.9. The maximum absolute atomic E-state index is 13.0. The predicted molar refractivity (Wildman–Crippen MR) is 184 cm³/mol. The molecule has 282 valence electrons. The summed E-state index contributed by atoms with van der Waals surface area (Å²) in [5.41, 5.74) is 3.22. The molecule has 5 rings (SSSR count). The fourth-order valence-corrected chi connectivity index (χ4v) is 8.94. The lowest BCUT2D eigenvalue weighted by Gasteiger charge is -2.36. The molecule has 5 aliphatic rings. The van der Waals surface area contributed by atoms with Gasteiger partial charge in [-0.15, -0.1) is 0 Å². The molecule has 0 heterocycles. The van der Waals surface area contributed by atoms with Crippen molar-refractivity contribution in [1.82, 2.24) is 10.8 Å². The molecule has 0 radical (unpaired) electrons. The summed E-state index contributed by atoms with van der Waals surface area (Å²) in [6.07, 6.45) is 24.2. The van der Waals surface area contributed by atoms with Crippen LogP contribution in [0.1, 0.15) is 122 Å². The largest absolute Gasteiger partial charge is 0.481 e. The van der Waals surface area contributed by atoms with E-state index >= 15 is 0 Å². The van der Waals surface area contributed by atoms with Crippen LogP contribution in [0.3, 0.4) is 0 Å². The standard InChI is InChI=1S/C38H60N2O10/c1-2-46-31-18-19-33(35(23-31)38(44)45)36(41)39-26-9-14-29(15-10-26)50-30-16-11-27(12-17-30)40-49-24-25-8-13-32(22-34(25)37(42)43)48-21-20-47-28-6-4-3-5-7-28/h1,25-35,40H,3-24H2,(H,39,41)(H,42,43)(H,44,45). The van der Waals surface area contributed by atoms with Crippen molar-refractivity contribution in [3.63, 3.8) is 0 Å². The van der Waals surface area contributed by atoms with E-state index in [9.17, 15) is 24.6 Å². The monoisotopic (exact) mass is 704 g/mol. The van der Waals surface area contributed by atoms with Gasteiger partial charge in [-0.25, -0.2) is 0 Å². The molecule has 1 amide bonds. The molecular weight excluding hydrogens is 644 g/mol. The van der Waals surface area contributed by atoms with Gasteiger partial charge in [-0.3, -0.25) is 14.4 Å². The summed E-state index contributed by atoms with van der Waals surface area (Å²) in [5, 5.41) is 22.7. The van der Waals surface area contributed by atoms with Crippen molar-refractivity contribution >= 4 is 17.8 Å². The maximum atomic E-state index is 13.0. The summed E-state index contributed by atoms with van der Waals surface area (Å²) in [7, 11) is 0. The Morgan fingerprint density at radius 3 is 1.84 bits per heavy atom. The molecule has 0 spiro atoms. The molecular formula is C38H60N2O10. The van der Waals surface area contributed by atoms with Crippen LogP contribution < -0.4 is 10.8 Å². The van der Waals surface area contributed by atoms with Crippen LogP contribution >= 0.6 is 0 Å². The topological polar surface area (TPSA) is 162 Å². The zero-order valence-electron chi connectivity index (χ0n) is 29.6. The van der Waals surface area contributed by atoms with Crippen LogP contribution in [0.2, 0.25) is 0 Å². The summed E-state index contributed by atoms with van der Waals surface area (Å²) in [6.45, 7) is 1.47. The number of terminal acetylenes is 1. The fraction of sp³-hybridized carbons (Fsp3) is 0.868. The Balaban J connectivity index is 0.920. The SMILES string of the molecule is C#COC1CCC(C(=O)NC2CCC(OC3CCC(NOCC4CCC(OCCOC5CCCCC5)CC4C(=O)O)CC3)CC2)C(C(=O)O)C1. The molecule has 6 unspecified atom stereocenters. The van der Waals surface area contributed by atoms with Crippen molar-refractivity contribution < 1.29 is 48.4 Å². The van der Waals surface area contributed by atoms with Crippen molar-refractivity contribution in [2.24, 2.45) is 23.7 Å². The number of ether oxygens (including phenoxy) is 4.